The van der Waals surface area contributed by atoms with Gasteiger partial charge in [-0.15, -0.1) is 0 Å². The van der Waals surface area contributed by atoms with Crippen molar-refractivity contribution in [1.82, 2.24) is 0 Å². The first-order valence-corrected chi connectivity index (χ1v) is 4.82. The van der Waals surface area contributed by atoms with E-state index < -0.39 is 0 Å². The first-order chi connectivity index (χ1) is 6.83. The number of azo groups is 1. The fourth-order valence-corrected chi connectivity index (χ4v) is 1.76. The molecule has 0 saturated carbocycles. The molecule has 1 heterocycles. The zero-order chi connectivity index (χ0) is 9.97. The zero-order valence-corrected chi connectivity index (χ0v) is 8.47. The molecule has 0 aromatic heterocycles. The van der Waals surface area contributed by atoms with Gasteiger partial charge in [0.05, 0.1) is 13.7 Å². The van der Waals surface area contributed by atoms with E-state index in [0.717, 1.165) is 17.9 Å². The van der Waals surface area contributed by atoms with E-state index in [-0.39, 0.29) is 6.04 Å². The highest BCUT2D eigenvalue weighted by Crippen LogP contribution is 2.36. The van der Waals surface area contributed by atoms with Gasteiger partial charge in [0, 0.05) is 11.5 Å². The van der Waals surface area contributed by atoms with Gasteiger partial charge in [-0.25, -0.2) is 0 Å². The number of rotatable bonds is 2. The van der Waals surface area contributed by atoms with Crippen LogP contribution in [-0.2, 0) is 0 Å². The summed E-state index contributed by atoms with van der Waals surface area (Å²) in [5, 5.41) is 8.31. The summed E-state index contributed by atoms with van der Waals surface area (Å²) in [5.74, 6) is 1.39. The van der Waals surface area contributed by atoms with E-state index in [2.05, 4.69) is 23.2 Å². The number of hydrogen-bond acceptors (Lipinski definition) is 3. The SMILES string of the molecule is COc1ccccc1C1N=NCC1C. The highest BCUT2D eigenvalue weighted by Gasteiger charge is 2.25. The van der Waals surface area contributed by atoms with Gasteiger partial charge in [0.15, 0.2) is 0 Å². The average molecular weight is 190 g/mol. The van der Waals surface area contributed by atoms with Gasteiger partial charge in [0.1, 0.15) is 11.8 Å². The quantitative estimate of drug-likeness (QED) is 0.706. The van der Waals surface area contributed by atoms with E-state index in [0.29, 0.717) is 5.92 Å². The second kappa shape index (κ2) is 3.78. The van der Waals surface area contributed by atoms with Crippen LogP contribution in [0.3, 0.4) is 0 Å². The van der Waals surface area contributed by atoms with Gasteiger partial charge < -0.3 is 4.74 Å². The van der Waals surface area contributed by atoms with E-state index >= 15 is 0 Å². The summed E-state index contributed by atoms with van der Waals surface area (Å²) in [6.45, 7) is 2.99. The number of benzene rings is 1. The van der Waals surface area contributed by atoms with E-state index in [4.69, 9.17) is 4.74 Å². The summed E-state index contributed by atoms with van der Waals surface area (Å²) >= 11 is 0. The zero-order valence-electron chi connectivity index (χ0n) is 8.47. The van der Waals surface area contributed by atoms with Crippen LogP contribution in [0.15, 0.2) is 34.5 Å². The van der Waals surface area contributed by atoms with Gasteiger partial charge in [-0.1, -0.05) is 25.1 Å². The molecule has 0 N–H and O–H groups in total. The molecular weight excluding hydrogens is 176 g/mol. The van der Waals surface area contributed by atoms with Crippen molar-refractivity contribution in [2.75, 3.05) is 13.7 Å². The number of para-hydroxylation sites is 1. The maximum Gasteiger partial charge on any atom is 0.124 e. The molecule has 0 spiro atoms. The van der Waals surface area contributed by atoms with Crippen molar-refractivity contribution in [3.63, 3.8) is 0 Å². The van der Waals surface area contributed by atoms with Gasteiger partial charge in [-0.3, -0.25) is 0 Å². The Labute approximate surface area is 83.8 Å². The van der Waals surface area contributed by atoms with Crippen molar-refractivity contribution in [3.8, 4) is 5.75 Å². The largest absolute Gasteiger partial charge is 0.496 e. The van der Waals surface area contributed by atoms with Crippen molar-refractivity contribution in [2.45, 2.75) is 13.0 Å². The molecule has 74 valence electrons. The number of nitrogens with zero attached hydrogens (tertiary/aromatic N) is 2. The molecule has 0 aliphatic carbocycles. The number of hydrogen-bond donors (Lipinski definition) is 0. The van der Waals surface area contributed by atoms with Gasteiger partial charge in [0.25, 0.3) is 0 Å². The third-order valence-electron chi connectivity index (χ3n) is 2.57. The van der Waals surface area contributed by atoms with Gasteiger partial charge in [0.2, 0.25) is 0 Å². The Hall–Kier alpha value is -1.38. The molecule has 1 aromatic carbocycles. The second-order valence-electron chi connectivity index (χ2n) is 3.60. The summed E-state index contributed by atoms with van der Waals surface area (Å²) in [4.78, 5) is 0. The van der Waals surface area contributed by atoms with E-state index in [1.807, 2.05) is 18.2 Å². The summed E-state index contributed by atoms with van der Waals surface area (Å²) in [7, 11) is 1.69. The molecule has 1 aromatic rings. The smallest absolute Gasteiger partial charge is 0.124 e. The molecule has 0 radical (unpaired) electrons. The summed E-state index contributed by atoms with van der Waals surface area (Å²) < 4.78 is 5.30. The topological polar surface area (TPSA) is 34.0 Å². The summed E-state index contributed by atoms with van der Waals surface area (Å²) in [6, 6.07) is 8.18. The molecule has 3 nitrogen and oxygen atoms in total. The van der Waals surface area contributed by atoms with Gasteiger partial charge in [-0.2, -0.15) is 10.2 Å². The van der Waals surface area contributed by atoms with Crippen molar-refractivity contribution in [2.24, 2.45) is 16.1 Å². The number of ether oxygens (including phenoxy) is 1. The van der Waals surface area contributed by atoms with E-state index in [1.54, 1.807) is 7.11 Å². The average Bonchev–Trinajstić information content (AvgIpc) is 2.64. The van der Waals surface area contributed by atoms with Crippen LogP contribution in [0.5, 0.6) is 5.75 Å². The van der Waals surface area contributed by atoms with Crippen LogP contribution in [0.1, 0.15) is 18.5 Å². The van der Waals surface area contributed by atoms with Crippen molar-refractivity contribution in [1.29, 1.82) is 0 Å². The lowest BCUT2D eigenvalue weighted by Gasteiger charge is -2.14. The Morgan fingerprint density at radius 1 is 1.36 bits per heavy atom. The Balaban J connectivity index is 2.35. The Morgan fingerprint density at radius 3 is 2.79 bits per heavy atom. The fourth-order valence-electron chi connectivity index (χ4n) is 1.76. The molecule has 2 rings (SSSR count). The van der Waals surface area contributed by atoms with Crippen LogP contribution in [0.25, 0.3) is 0 Å². The van der Waals surface area contributed by atoms with Crippen molar-refractivity contribution >= 4 is 0 Å². The molecule has 0 amide bonds. The molecule has 1 aliphatic heterocycles. The van der Waals surface area contributed by atoms with Crippen LogP contribution in [0, 0.1) is 5.92 Å². The minimum absolute atomic E-state index is 0.172. The summed E-state index contributed by atoms with van der Waals surface area (Å²) in [5.41, 5.74) is 1.14. The Bertz CT molecular complexity index is 349. The predicted octanol–water partition coefficient (Wildman–Crippen LogP) is 2.84. The highest BCUT2D eigenvalue weighted by atomic mass is 16.5. The Kier molecular flexibility index (Phi) is 2.48. The molecule has 1 aliphatic rings. The molecule has 0 fully saturated rings. The molecule has 0 bridgehead atoms. The predicted molar refractivity (Wildman–Crippen MR) is 54.6 cm³/mol. The minimum atomic E-state index is 0.172. The van der Waals surface area contributed by atoms with Crippen molar-refractivity contribution < 1.29 is 4.74 Å². The van der Waals surface area contributed by atoms with E-state index in [1.165, 1.54) is 0 Å². The van der Waals surface area contributed by atoms with Gasteiger partial charge >= 0.3 is 0 Å². The van der Waals surface area contributed by atoms with Crippen LogP contribution in [0.2, 0.25) is 0 Å². The van der Waals surface area contributed by atoms with Crippen LogP contribution < -0.4 is 4.74 Å². The third-order valence-corrected chi connectivity index (χ3v) is 2.57. The van der Waals surface area contributed by atoms with Gasteiger partial charge in [-0.05, 0) is 6.07 Å². The molecule has 14 heavy (non-hydrogen) atoms. The maximum atomic E-state index is 5.30. The first-order valence-electron chi connectivity index (χ1n) is 4.82. The molecular formula is C11H14N2O. The minimum Gasteiger partial charge on any atom is -0.496 e. The number of methoxy groups -OCH3 is 1. The van der Waals surface area contributed by atoms with Crippen LogP contribution >= 0.6 is 0 Å². The monoisotopic (exact) mass is 190 g/mol. The van der Waals surface area contributed by atoms with Crippen LogP contribution in [-0.4, -0.2) is 13.7 Å². The standard InChI is InChI=1S/C11H14N2O/c1-8-7-12-13-11(8)9-5-3-4-6-10(9)14-2/h3-6,8,11H,7H2,1-2H3. The molecule has 2 unspecified atom stereocenters. The molecule has 2 atom stereocenters. The maximum absolute atomic E-state index is 5.30. The normalized spacial score (nSPS) is 25.3. The lowest BCUT2D eigenvalue weighted by Crippen LogP contribution is -2.06. The Morgan fingerprint density at radius 2 is 2.14 bits per heavy atom. The lowest BCUT2D eigenvalue weighted by atomic mass is 9.96. The van der Waals surface area contributed by atoms with E-state index in [9.17, 15) is 0 Å². The first kappa shape index (κ1) is 9.19. The van der Waals surface area contributed by atoms with Crippen molar-refractivity contribution in [3.05, 3.63) is 29.8 Å². The lowest BCUT2D eigenvalue weighted by molar-refractivity contribution is 0.399. The third kappa shape index (κ3) is 1.50. The second-order valence-corrected chi connectivity index (χ2v) is 3.60. The molecule has 0 saturated heterocycles. The highest BCUT2D eigenvalue weighted by molar-refractivity contribution is 5.36. The molecule has 3 heteroatoms. The summed E-state index contributed by atoms with van der Waals surface area (Å²) in [6.07, 6.45) is 0. The fraction of sp³-hybridized carbons (Fsp3) is 0.455. The van der Waals surface area contributed by atoms with Crippen LogP contribution in [0.4, 0.5) is 0 Å².